The van der Waals surface area contributed by atoms with Crippen molar-refractivity contribution < 1.29 is 0 Å². The quantitative estimate of drug-likeness (QED) is 0.741. The third-order valence-corrected chi connectivity index (χ3v) is 4.33. The largest absolute Gasteiger partial charge is 0.302 e. The summed E-state index contributed by atoms with van der Waals surface area (Å²) in [6.07, 6.45) is 0. The van der Waals surface area contributed by atoms with Crippen LogP contribution in [0.3, 0.4) is 0 Å². The highest BCUT2D eigenvalue weighted by Gasteiger charge is 2.23. The van der Waals surface area contributed by atoms with Gasteiger partial charge in [-0.2, -0.15) is 0 Å². The molecule has 0 unspecified atom stereocenters. The number of rotatable bonds is 3. The minimum Gasteiger partial charge on any atom is -0.302 e. The fraction of sp³-hybridized carbons (Fsp3) is 0.250. The molecule has 0 amide bonds. The van der Waals surface area contributed by atoms with Crippen LogP contribution in [0.4, 0.5) is 0 Å². The molecule has 0 saturated carbocycles. The minimum atomic E-state index is 0.526. The SMILES string of the molecule is Cc1ccc2c(c1)C(c1ccccc1)=NCc1nnc(CN(C)C)n1-2. The first kappa shape index (κ1) is 15.7. The van der Waals surface area contributed by atoms with Gasteiger partial charge in [0.2, 0.25) is 0 Å². The molecule has 0 N–H and O–H groups in total. The summed E-state index contributed by atoms with van der Waals surface area (Å²) in [5.74, 6) is 1.82. The maximum Gasteiger partial charge on any atom is 0.159 e. The summed E-state index contributed by atoms with van der Waals surface area (Å²) in [5, 5.41) is 8.80. The van der Waals surface area contributed by atoms with Crippen molar-refractivity contribution >= 4 is 5.71 Å². The Bertz CT molecular complexity index is 938. The van der Waals surface area contributed by atoms with Crippen molar-refractivity contribution in [2.24, 2.45) is 4.99 Å². The molecule has 0 aliphatic carbocycles. The number of aliphatic imine (C=N–C) groups is 1. The molecule has 0 bridgehead atoms. The molecule has 0 fully saturated rings. The second-order valence-corrected chi connectivity index (χ2v) is 6.66. The van der Waals surface area contributed by atoms with Crippen molar-refractivity contribution in [1.29, 1.82) is 0 Å². The molecule has 0 spiro atoms. The van der Waals surface area contributed by atoms with E-state index in [1.165, 1.54) is 5.56 Å². The molecule has 2 heterocycles. The maximum atomic E-state index is 4.89. The normalized spacial score (nSPS) is 13.2. The zero-order valence-corrected chi connectivity index (χ0v) is 14.8. The second kappa shape index (κ2) is 6.26. The van der Waals surface area contributed by atoms with Crippen LogP contribution in [0.2, 0.25) is 0 Å². The number of benzene rings is 2. The van der Waals surface area contributed by atoms with Gasteiger partial charge in [0.25, 0.3) is 0 Å². The molecule has 3 aromatic rings. The van der Waals surface area contributed by atoms with Gasteiger partial charge in [0.15, 0.2) is 11.6 Å². The Hall–Kier alpha value is -2.79. The van der Waals surface area contributed by atoms with E-state index in [1.807, 2.05) is 20.2 Å². The van der Waals surface area contributed by atoms with Crippen LogP contribution in [-0.2, 0) is 13.1 Å². The lowest BCUT2D eigenvalue weighted by atomic mass is 9.98. The molecule has 5 heteroatoms. The smallest absolute Gasteiger partial charge is 0.159 e. The monoisotopic (exact) mass is 331 g/mol. The van der Waals surface area contributed by atoms with Crippen LogP contribution in [-0.4, -0.2) is 39.5 Å². The summed E-state index contributed by atoms with van der Waals surface area (Å²) in [5.41, 5.74) is 5.59. The molecule has 1 aliphatic rings. The van der Waals surface area contributed by atoms with Crippen LogP contribution < -0.4 is 0 Å². The van der Waals surface area contributed by atoms with E-state index in [-0.39, 0.29) is 0 Å². The van der Waals surface area contributed by atoms with Crippen molar-refractivity contribution in [2.45, 2.75) is 20.0 Å². The highest BCUT2D eigenvalue weighted by atomic mass is 15.3. The van der Waals surface area contributed by atoms with Crippen LogP contribution in [0.1, 0.15) is 28.3 Å². The standard InChI is InChI=1S/C20H21N5/c1-14-9-10-17-16(11-14)20(15-7-5-4-6-8-15)21-12-18-22-23-19(25(17)18)13-24(2)3/h4-11H,12-13H2,1-3H3. The van der Waals surface area contributed by atoms with Gasteiger partial charge in [-0.25, -0.2) is 0 Å². The van der Waals surface area contributed by atoms with Gasteiger partial charge in [-0.05, 0) is 33.2 Å². The first-order valence-corrected chi connectivity index (χ1v) is 8.42. The maximum absolute atomic E-state index is 4.89. The molecule has 0 saturated heterocycles. The summed E-state index contributed by atoms with van der Waals surface area (Å²) in [6.45, 7) is 3.38. The number of aromatic nitrogens is 3. The Morgan fingerprint density at radius 3 is 2.60 bits per heavy atom. The molecule has 1 aromatic heterocycles. The predicted molar refractivity (Wildman–Crippen MR) is 99.3 cm³/mol. The topological polar surface area (TPSA) is 46.3 Å². The van der Waals surface area contributed by atoms with E-state index in [2.05, 4.69) is 69.1 Å². The number of hydrogen-bond acceptors (Lipinski definition) is 4. The summed E-state index contributed by atoms with van der Waals surface area (Å²) < 4.78 is 2.16. The van der Waals surface area contributed by atoms with Gasteiger partial charge in [-0.3, -0.25) is 9.56 Å². The summed E-state index contributed by atoms with van der Waals surface area (Å²) in [7, 11) is 4.08. The molecule has 4 rings (SSSR count). The highest BCUT2D eigenvalue weighted by Crippen LogP contribution is 2.27. The molecule has 2 aromatic carbocycles. The third-order valence-electron chi connectivity index (χ3n) is 4.33. The molecular weight excluding hydrogens is 310 g/mol. The van der Waals surface area contributed by atoms with E-state index < -0.39 is 0 Å². The zero-order valence-electron chi connectivity index (χ0n) is 14.8. The Balaban J connectivity index is 1.94. The summed E-state index contributed by atoms with van der Waals surface area (Å²) in [4.78, 5) is 7.00. The average Bonchev–Trinajstić information content (AvgIpc) is 2.90. The van der Waals surface area contributed by atoms with Gasteiger partial charge in [-0.15, -0.1) is 10.2 Å². The van der Waals surface area contributed by atoms with Crippen LogP contribution >= 0.6 is 0 Å². The van der Waals surface area contributed by atoms with E-state index in [0.717, 1.165) is 40.7 Å². The molecule has 126 valence electrons. The van der Waals surface area contributed by atoms with Crippen LogP contribution in [0.5, 0.6) is 0 Å². The van der Waals surface area contributed by atoms with Crippen molar-refractivity contribution in [2.75, 3.05) is 14.1 Å². The average molecular weight is 331 g/mol. The fourth-order valence-corrected chi connectivity index (χ4v) is 3.23. The number of nitrogens with zero attached hydrogens (tertiary/aromatic N) is 5. The van der Waals surface area contributed by atoms with E-state index in [9.17, 15) is 0 Å². The molecule has 25 heavy (non-hydrogen) atoms. The van der Waals surface area contributed by atoms with Gasteiger partial charge in [0.1, 0.15) is 6.54 Å². The lowest BCUT2D eigenvalue weighted by Gasteiger charge is -2.16. The van der Waals surface area contributed by atoms with Crippen LogP contribution in [0, 0.1) is 6.92 Å². The predicted octanol–water partition coefficient (Wildman–Crippen LogP) is 2.99. The number of fused-ring (bicyclic) bond motifs is 3. The Kier molecular flexibility index (Phi) is 3.93. The van der Waals surface area contributed by atoms with Gasteiger partial charge in [0, 0.05) is 11.1 Å². The van der Waals surface area contributed by atoms with Gasteiger partial charge in [-0.1, -0.05) is 42.0 Å². The van der Waals surface area contributed by atoms with E-state index in [1.54, 1.807) is 0 Å². The van der Waals surface area contributed by atoms with Crippen molar-refractivity contribution in [1.82, 2.24) is 19.7 Å². The molecule has 0 atom stereocenters. The molecule has 0 radical (unpaired) electrons. The lowest BCUT2D eigenvalue weighted by Crippen LogP contribution is -2.16. The van der Waals surface area contributed by atoms with Gasteiger partial charge < -0.3 is 4.90 Å². The minimum absolute atomic E-state index is 0.526. The Morgan fingerprint density at radius 1 is 1.04 bits per heavy atom. The van der Waals surface area contributed by atoms with Crippen molar-refractivity contribution in [3.63, 3.8) is 0 Å². The van der Waals surface area contributed by atoms with Crippen LogP contribution in [0.15, 0.2) is 53.5 Å². The summed E-state index contributed by atoms with van der Waals surface area (Å²) >= 11 is 0. The van der Waals surface area contributed by atoms with E-state index in [4.69, 9.17) is 4.99 Å². The number of hydrogen-bond donors (Lipinski definition) is 0. The highest BCUT2D eigenvalue weighted by molar-refractivity contribution is 6.15. The Labute approximate surface area is 147 Å². The number of aryl methyl sites for hydroxylation is 1. The summed E-state index contributed by atoms with van der Waals surface area (Å²) in [6, 6.07) is 16.8. The fourth-order valence-electron chi connectivity index (χ4n) is 3.23. The van der Waals surface area contributed by atoms with Crippen molar-refractivity contribution in [3.8, 4) is 5.69 Å². The first-order chi connectivity index (χ1) is 12.1. The molecular formula is C20H21N5. The molecule has 5 nitrogen and oxygen atoms in total. The first-order valence-electron chi connectivity index (χ1n) is 8.42. The Morgan fingerprint density at radius 2 is 1.84 bits per heavy atom. The van der Waals surface area contributed by atoms with Gasteiger partial charge >= 0.3 is 0 Å². The third kappa shape index (κ3) is 2.87. The van der Waals surface area contributed by atoms with E-state index >= 15 is 0 Å². The van der Waals surface area contributed by atoms with Crippen molar-refractivity contribution in [3.05, 3.63) is 76.9 Å². The molecule has 1 aliphatic heterocycles. The van der Waals surface area contributed by atoms with Crippen LogP contribution in [0.25, 0.3) is 5.69 Å². The van der Waals surface area contributed by atoms with Gasteiger partial charge in [0.05, 0.1) is 17.9 Å². The zero-order chi connectivity index (χ0) is 17.4. The lowest BCUT2D eigenvalue weighted by molar-refractivity contribution is 0.387. The second-order valence-electron chi connectivity index (χ2n) is 6.66. The van der Waals surface area contributed by atoms with E-state index in [0.29, 0.717) is 6.54 Å².